The van der Waals surface area contributed by atoms with Crippen molar-refractivity contribution in [2.24, 2.45) is 5.92 Å². The van der Waals surface area contributed by atoms with E-state index in [2.05, 4.69) is 4.74 Å². The smallest absolute Gasteiger partial charge is 0.425 e. The Kier molecular flexibility index (Phi) is 4.41. The maximum absolute atomic E-state index is 14.0. The molecule has 0 unspecified atom stereocenters. The summed E-state index contributed by atoms with van der Waals surface area (Å²) in [6, 6.07) is -0.626. The number of carbonyl (C=O) groups is 3. The molecule has 0 aromatic carbocycles. The highest BCUT2D eigenvalue weighted by Gasteiger charge is 2.71. The molecule has 2 amide bonds. The Morgan fingerprint density at radius 3 is 2.25 bits per heavy atom. The molecule has 0 radical (unpaired) electrons. The van der Waals surface area contributed by atoms with Crippen molar-refractivity contribution in [2.75, 3.05) is 7.11 Å². The van der Waals surface area contributed by atoms with Crippen molar-refractivity contribution in [3.63, 3.8) is 0 Å². The van der Waals surface area contributed by atoms with Gasteiger partial charge >= 0.3 is 12.1 Å². The third-order valence-electron chi connectivity index (χ3n) is 4.23. The Morgan fingerprint density at radius 1 is 1.33 bits per heavy atom. The van der Waals surface area contributed by atoms with Crippen LogP contribution in [0, 0.1) is 5.92 Å². The fraction of sp³-hybridized carbons (Fsp3) is 0.667. The van der Waals surface area contributed by atoms with Gasteiger partial charge in [-0.2, -0.15) is 13.2 Å². The second-order valence-corrected chi connectivity index (χ2v) is 6.23. The summed E-state index contributed by atoms with van der Waals surface area (Å²) in [5, 5.41) is 1.81. The number of rotatable bonds is 4. The molecule has 1 heterocycles. The zero-order valence-electron chi connectivity index (χ0n) is 13.8. The number of allylic oxidation sites excluding steroid dienone is 1. The van der Waals surface area contributed by atoms with E-state index in [0.29, 0.717) is 12.8 Å². The molecular weight excluding hydrogens is 329 g/mol. The van der Waals surface area contributed by atoms with E-state index in [-0.39, 0.29) is 5.70 Å². The van der Waals surface area contributed by atoms with Gasteiger partial charge in [0, 0.05) is 17.7 Å². The van der Waals surface area contributed by atoms with Gasteiger partial charge in [0.05, 0.1) is 7.11 Å². The molecule has 1 N–H and O–H groups in total. The van der Waals surface area contributed by atoms with Crippen molar-refractivity contribution in [1.82, 2.24) is 10.2 Å². The first-order valence-corrected chi connectivity index (χ1v) is 7.51. The van der Waals surface area contributed by atoms with Gasteiger partial charge in [0.25, 0.3) is 5.91 Å². The number of methoxy groups -OCH3 is 1. The average Bonchev–Trinajstić information content (AvgIpc) is 3.25. The Labute approximate surface area is 137 Å². The first-order chi connectivity index (χ1) is 11.0. The molecule has 0 bridgehead atoms. The van der Waals surface area contributed by atoms with Crippen molar-refractivity contribution < 1.29 is 32.3 Å². The minimum Gasteiger partial charge on any atom is -0.466 e. The van der Waals surface area contributed by atoms with Gasteiger partial charge in [-0.1, -0.05) is 0 Å². The van der Waals surface area contributed by atoms with Gasteiger partial charge < -0.3 is 15.0 Å². The van der Waals surface area contributed by atoms with Gasteiger partial charge in [0.15, 0.2) is 0 Å². The fourth-order valence-corrected chi connectivity index (χ4v) is 2.94. The highest BCUT2D eigenvalue weighted by Crippen LogP contribution is 2.46. The Balaban J connectivity index is 2.66. The maximum atomic E-state index is 14.0. The second-order valence-electron chi connectivity index (χ2n) is 6.23. The van der Waals surface area contributed by atoms with Crippen LogP contribution in [-0.2, 0) is 19.1 Å². The summed E-state index contributed by atoms with van der Waals surface area (Å²) >= 11 is 0. The predicted molar refractivity (Wildman–Crippen MR) is 76.4 cm³/mol. The summed E-state index contributed by atoms with van der Waals surface area (Å²) in [7, 11) is 0.926. The van der Waals surface area contributed by atoms with E-state index < -0.39 is 47.0 Å². The van der Waals surface area contributed by atoms with Crippen molar-refractivity contribution in [3.8, 4) is 0 Å². The molecule has 1 saturated carbocycles. The van der Waals surface area contributed by atoms with E-state index >= 15 is 0 Å². The van der Waals surface area contributed by atoms with Crippen LogP contribution in [0.1, 0.15) is 33.6 Å². The lowest BCUT2D eigenvalue weighted by molar-refractivity contribution is -0.196. The number of amides is 2. The standard InChI is InChI=1S/C15H19F3N2O4/c1-7(2)20-8(3)10(12(22)24-4)14(13(20)23,15(16,17)18)19-11(21)9-5-6-9/h7,9H,5-6H2,1-4H3,(H,19,21)/t14-/m1/s1. The van der Waals surface area contributed by atoms with Crippen LogP contribution in [0.4, 0.5) is 13.2 Å². The van der Waals surface area contributed by atoms with Gasteiger partial charge in [-0.3, -0.25) is 9.59 Å². The van der Waals surface area contributed by atoms with Crippen molar-refractivity contribution in [1.29, 1.82) is 0 Å². The average molecular weight is 348 g/mol. The van der Waals surface area contributed by atoms with Crippen LogP contribution in [0.25, 0.3) is 0 Å². The third kappa shape index (κ3) is 2.55. The molecule has 24 heavy (non-hydrogen) atoms. The van der Waals surface area contributed by atoms with Crippen LogP contribution in [0.5, 0.6) is 0 Å². The quantitative estimate of drug-likeness (QED) is 0.782. The molecule has 6 nitrogen and oxygen atoms in total. The van der Waals surface area contributed by atoms with Crippen LogP contribution in [-0.4, -0.2) is 47.6 Å². The van der Waals surface area contributed by atoms with Crippen molar-refractivity contribution in [3.05, 3.63) is 11.3 Å². The monoisotopic (exact) mass is 348 g/mol. The number of halogens is 3. The molecule has 134 valence electrons. The fourth-order valence-electron chi connectivity index (χ4n) is 2.94. The number of hydrogen-bond donors (Lipinski definition) is 1. The molecule has 1 fully saturated rings. The zero-order valence-corrected chi connectivity index (χ0v) is 13.8. The molecule has 9 heteroatoms. The summed E-state index contributed by atoms with van der Waals surface area (Å²) in [5.74, 6) is -4.14. The topological polar surface area (TPSA) is 75.7 Å². The summed E-state index contributed by atoms with van der Waals surface area (Å²) < 4.78 is 46.4. The minimum atomic E-state index is -5.19. The zero-order chi connectivity index (χ0) is 18.4. The van der Waals surface area contributed by atoms with Crippen LogP contribution in [0.15, 0.2) is 11.3 Å². The summed E-state index contributed by atoms with van der Waals surface area (Å²) in [6.45, 7) is 4.28. The number of nitrogens with zero attached hydrogens (tertiary/aromatic N) is 1. The lowest BCUT2D eigenvalue weighted by Gasteiger charge is -2.33. The van der Waals surface area contributed by atoms with Crippen LogP contribution in [0.3, 0.4) is 0 Å². The first-order valence-electron chi connectivity index (χ1n) is 7.51. The molecular formula is C15H19F3N2O4. The summed E-state index contributed by atoms with van der Waals surface area (Å²) in [5.41, 5.74) is -4.46. The number of esters is 1. The van der Waals surface area contributed by atoms with Gasteiger partial charge in [0.1, 0.15) is 5.57 Å². The van der Waals surface area contributed by atoms with Crippen LogP contribution in [0.2, 0.25) is 0 Å². The van der Waals surface area contributed by atoms with E-state index in [1.165, 1.54) is 20.8 Å². The van der Waals surface area contributed by atoms with Gasteiger partial charge in [-0.15, -0.1) is 0 Å². The number of alkyl halides is 3. The normalized spacial score (nSPS) is 24.7. The van der Waals surface area contributed by atoms with Gasteiger partial charge in [0.2, 0.25) is 11.4 Å². The Hall–Kier alpha value is -2.06. The van der Waals surface area contributed by atoms with Crippen LogP contribution >= 0.6 is 0 Å². The highest BCUT2D eigenvalue weighted by molar-refractivity contribution is 6.10. The predicted octanol–water partition coefficient (Wildman–Crippen LogP) is 1.51. The minimum absolute atomic E-state index is 0.171. The SMILES string of the molecule is COC(=O)C1=C(C)N(C(C)C)C(=O)[C@@]1(NC(=O)C1CC1)C(F)(F)F. The largest absolute Gasteiger partial charge is 0.466 e. The summed E-state index contributed by atoms with van der Waals surface area (Å²) in [6.07, 6.45) is -4.28. The molecule has 0 aromatic rings. The molecule has 0 saturated heterocycles. The van der Waals surface area contributed by atoms with E-state index in [1.807, 2.05) is 5.32 Å². The lowest BCUT2D eigenvalue weighted by atomic mass is 9.89. The van der Waals surface area contributed by atoms with Crippen molar-refractivity contribution in [2.45, 2.75) is 51.4 Å². The summed E-state index contributed by atoms with van der Waals surface area (Å²) in [4.78, 5) is 37.6. The maximum Gasteiger partial charge on any atom is 0.425 e. The molecule has 1 aliphatic heterocycles. The Bertz CT molecular complexity index is 623. The molecule has 0 spiro atoms. The molecule has 0 aromatic heterocycles. The van der Waals surface area contributed by atoms with E-state index in [0.717, 1.165) is 12.0 Å². The molecule has 1 aliphatic carbocycles. The van der Waals surface area contributed by atoms with Crippen molar-refractivity contribution >= 4 is 17.8 Å². The molecule has 1 atom stereocenters. The van der Waals surface area contributed by atoms with Gasteiger partial charge in [-0.05, 0) is 33.6 Å². The molecule has 2 aliphatic rings. The van der Waals surface area contributed by atoms with Gasteiger partial charge in [-0.25, -0.2) is 4.79 Å². The highest BCUT2D eigenvalue weighted by atomic mass is 19.4. The van der Waals surface area contributed by atoms with E-state index in [9.17, 15) is 27.6 Å². The van der Waals surface area contributed by atoms with E-state index in [4.69, 9.17) is 0 Å². The number of hydrogen-bond acceptors (Lipinski definition) is 4. The number of nitrogens with one attached hydrogen (secondary N) is 1. The van der Waals surface area contributed by atoms with Crippen LogP contribution < -0.4 is 5.32 Å². The third-order valence-corrected chi connectivity index (χ3v) is 4.23. The first kappa shape index (κ1) is 18.3. The number of carbonyl (C=O) groups excluding carboxylic acids is 3. The second kappa shape index (κ2) is 5.78. The van der Waals surface area contributed by atoms with E-state index in [1.54, 1.807) is 0 Å². The number of ether oxygens (including phenoxy) is 1. The lowest BCUT2D eigenvalue weighted by Crippen LogP contribution is -2.66. The Morgan fingerprint density at radius 2 is 1.88 bits per heavy atom. The molecule has 2 rings (SSSR count).